The van der Waals surface area contributed by atoms with E-state index in [0.717, 1.165) is 36.0 Å². The van der Waals surface area contributed by atoms with Gasteiger partial charge in [-0.05, 0) is 35.7 Å². The molecule has 4 heteroatoms. The summed E-state index contributed by atoms with van der Waals surface area (Å²) in [6, 6.07) is 1.86. The molecule has 0 aromatic heterocycles. The van der Waals surface area contributed by atoms with Crippen LogP contribution in [0.5, 0.6) is 11.5 Å². The molecule has 0 aliphatic rings. The van der Waals surface area contributed by atoms with E-state index in [2.05, 4.69) is 68.0 Å². The number of benzene rings is 1. The topological polar surface area (TPSA) is 46.5 Å². The molecule has 0 aliphatic carbocycles. The lowest BCUT2D eigenvalue weighted by atomic mass is 9.76. The van der Waals surface area contributed by atoms with Crippen LogP contribution in [0, 0.1) is 5.92 Å². The van der Waals surface area contributed by atoms with Crippen molar-refractivity contribution in [3.8, 4) is 11.5 Å². The maximum Gasteiger partial charge on any atom is 0.321 e. The highest BCUT2D eigenvalue weighted by atomic mass is 32.1. The Morgan fingerprint density at radius 2 is 1.68 bits per heavy atom. The first-order valence-electron chi connectivity index (χ1n) is 10.5. The fourth-order valence-corrected chi connectivity index (χ4v) is 3.66. The summed E-state index contributed by atoms with van der Waals surface area (Å²) in [5.74, 6) is 1.30. The molecule has 0 radical (unpaired) electrons. The number of esters is 1. The van der Waals surface area contributed by atoms with Crippen LogP contribution in [0.4, 0.5) is 0 Å². The minimum atomic E-state index is -0.366. The van der Waals surface area contributed by atoms with Crippen molar-refractivity contribution < 1.29 is 14.6 Å². The molecule has 0 bridgehead atoms. The fraction of sp³-hybridized carbons (Fsp3) is 0.708. The number of phenols is 1. The van der Waals surface area contributed by atoms with Crippen molar-refractivity contribution in [3.63, 3.8) is 0 Å². The van der Waals surface area contributed by atoms with Crippen LogP contribution < -0.4 is 4.74 Å². The van der Waals surface area contributed by atoms with Gasteiger partial charge in [0.25, 0.3) is 0 Å². The summed E-state index contributed by atoms with van der Waals surface area (Å²) < 4.78 is 5.69. The molecular formula is C24H40O3S. The van der Waals surface area contributed by atoms with Crippen molar-refractivity contribution in [2.24, 2.45) is 5.92 Å². The number of ether oxygens (including phenoxy) is 1. The molecule has 0 aliphatic heterocycles. The Hall–Kier alpha value is -1.16. The fourth-order valence-electron chi connectivity index (χ4n) is 3.59. The molecule has 0 saturated carbocycles. The number of phenolic OH excluding ortho intramolecular Hbond substituents is 1. The van der Waals surface area contributed by atoms with Gasteiger partial charge >= 0.3 is 5.97 Å². The van der Waals surface area contributed by atoms with Crippen LogP contribution in [0.25, 0.3) is 0 Å². The zero-order chi connectivity index (χ0) is 21.7. The van der Waals surface area contributed by atoms with E-state index in [1.165, 1.54) is 12.8 Å². The molecular weight excluding hydrogens is 368 g/mol. The first-order chi connectivity index (χ1) is 12.8. The summed E-state index contributed by atoms with van der Waals surface area (Å²) in [5.41, 5.74) is 2.13. The Morgan fingerprint density at radius 3 is 2.14 bits per heavy atom. The van der Waals surface area contributed by atoms with Gasteiger partial charge in [-0.25, -0.2) is 0 Å². The average molecular weight is 409 g/mol. The second-order valence-electron chi connectivity index (χ2n) is 10.2. The Morgan fingerprint density at radius 1 is 1.07 bits per heavy atom. The molecule has 1 N–H and O–H groups in total. The first kappa shape index (κ1) is 24.9. The predicted octanol–water partition coefficient (Wildman–Crippen LogP) is 6.58. The second kappa shape index (κ2) is 10.0. The van der Waals surface area contributed by atoms with Gasteiger partial charge in [0, 0.05) is 16.7 Å². The van der Waals surface area contributed by atoms with E-state index < -0.39 is 0 Å². The average Bonchev–Trinajstić information content (AvgIpc) is 2.53. The van der Waals surface area contributed by atoms with Gasteiger partial charge in [-0.15, -0.1) is 0 Å². The lowest BCUT2D eigenvalue weighted by Crippen LogP contribution is -2.21. The Balaban J connectivity index is 3.41. The number of hydrogen-bond donors (Lipinski definition) is 2. The Bertz CT molecular complexity index is 664. The Labute approximate surface area is 177 Å². The van der Waals surface area contributed by atoms with Crippen LogP contribution in [0.1, 0.15) is 97.8 Å². The molecule has 0 amide bonds. The summed E-state index contributed by atoms with van der Waals surface area (Å²) in [7, 11) is 0. The van der Waals surface area contributed by atoms with Gasteiger partial charge in [-0.3, -0.25) is 4.79 Å². The monoisotopic (exact) mass is 408 g/mol. The van der Waals surface area contributed by atoms with Crippen LogP contribution in [-0.4, -0.2) is 16.8 Å². The van der Waals surface area contributed by atoms with Gasteiger partial charge in [0.1, 0.15) is 11.5 Å². The molecule has 28 heavy (non-hydrogen) atoms. The van der Waals surface area contributed by atoms with Crippen molar-refractivity contribution in [3.05, 3.63) is 22.8 Å². The van der Waals surface area contributed by atoms with E-state index in [1.54, 1.807) is 0 Å². The van der Waals surface area contributed by atoms with Crippen molar-refractivity contribution in [1.29, 1.82) is 0 Å². The van der Waals surface area contributed by atoms with E-state index in [-0.39, 0.29) is 22.6 Å². The second-order valence-corrected chi connectivity index (χ2v) is 10.6. The number of carbonyl (C=O) groups excluding carboxylic acids is 1. The SMILES string of the molecule is CC(C)CCCCCc1c(OC(=O)CS)cc(C(C)(C)C)c(O)c1C(C)(C)C. The predicted molar refractivity (Wildman–Crippen MR) is 122 cm³/mol. The van der Waals surface area contributed by atoms with Crippen LogP contribution in [0.15, 0.2) is 6.07 Å². The quantitative estimate of drug-likeness (QED) is 0.221. The van der Waals surface area contributed by atoms with E-state index in [1.807, 2.05) is 6.07 Å². The van der Waals surface area contributed by atoms with E-state index in [9.17, 15) is 9.90 Å². The summed E-state index contributed by atoms with van der Waals surface area (Å²) in [5, 5.41) is 11.2. The zero-order valence-corrected chi connectivity index (χ0v) is 20.0. The van der Waals surface area contributed by atoms with Crippen molar-refractivity contribution >= 4 is 18.6 Å². The van der Waals surface area contributed by atoms with Crippen molar-refractivity contribution in [1.82, 2.24) is 0 Å². The Kier molecular flexibility index (Phi) is 8.92. The molecule has 0 fully saturated rings. The molecule has 0 heterocycles. The maximum absolute atomic E-state index is 12.0. The molecule has 1 aromatic carbocycles. The van der Waals surface area contributed by atoms with Gasteiger partial charge in [0.2, 0.25) is 0 Å². The van der Waals surface area contributed by atoms with Gasteiger partial charge in [0.15, 0.2) is 0 Å². The number of rotatable bonds is 8. The summed E-state index contributed by atoms with van der Waals surface area (Å²) in [4.78, 5) is 12.0. The van der Waals surface area contributed by atoms with E-state index >= 15 is 0 Å². The van der Waals surface area contributed by atoms with Crippen molar-refractivity contribution in [2.45, 2.75) is 98.3 Å². The maximum atomic E-state index is 12.0. The number of hydrogen-bond acceptors (Lipinski definition) is 4. The molecule has 0 spiro atoms. The minimum absolute atomic E-state index is 0.0322. The summed E-state index contributed by atoms with van der Waals surface area (Å²) >= 11 is 4.06. The normalized spacial score (nSPS) is 12.5. The lowest BCUT2D eigenvalue weighted by Gasteiger charge is -2.31. The van der Waals surface area contributed by atoms with Gasteiger partial charge in [-0.2, -0.15) is 12.6 Å². The molecule has 0 saturated heterocycles. The van der Waals surface area contributed by atoms with Crippen LogP contribution in [0.3, 0.4) is 0 Å². The number of thiol groups is 1. The number of aromatic hydroxyl groups is 1. The van der Waals surface area contributed by atoms with E-state index in [4.69, 9.17) is 4.74 Å². The minimum Gasteiger partial charge on any atom is -0.507 e. The molecule has 1 aromatic rings. The summed E-state index contributed by atoms with van der Waals surface area (Å²) in [6.07, 6.45) is 5.35. The standard InChI is InChI=1S/C24H40O3S/c1-16(2)12-10-9-11-13-17-19(27-20(25)15-28)14-18(23(3,4)5)22(26)21(17)24(6,7)8/h14,16,26,28H,9-13,15H2,1-8H3. The molecule has 0 atom stereocenters. The first-order valence-corrected chi connectivity index (χ1v) is 11.1. The highest BCUT2D eigenvalue weighted by molar-refractivity contribution is 7.81. The highest BCUT2D eigenvalue weighted by Crippen LogP contribution is 2.45. The third-order valence-corrected chi connectivity index (χ3v) is 5.24. The summed E-state index contributed by atoms with van der Waals surface area (Å²) in [6.45, 7) is 17.0. The lowest BCUT2D eigenvalue weighted by molar-refractivity contribution is -0.131. The van der Waals surface area contributed by atoms with Crippen LogP contribution in [0.2, 0.25) is 0 Å². The van der Waals surface area contributed by atoms with Crippen molar-refractivity contribution in [2.75, 3.05) is 5.75 Å². The number of unbranched alkanes of at least 4 members (excludes halogenated alkanes) is 2. The van der Waals surface area contributed by atoms with Crippen LogP contribution in [-0.2, 0) is 22.0 Å². The van der Waals surface area contributed by atoms with E-state index in [0.29, 0.717) is 17.4 Å². The molecule has 3 nitrogen and oxygen atoms in total. The zero-order valence-electron chi connectivity index (χ0n) is 19.1. The molecule has 160 valence electrons. The van der Waals surface area contributed by atoms with Crippen LogP contribution >= 0.6 is 12.6 Å². The highest BCUT2D eigenvalue weighted by Gasteiger charge is 2.31. The van der Waals surface area contributed by atoms with Gasteiger partial charge < -0.3 is 9.84 Å². The molecule has 1 rings (SSSR count). The van der Waals surface area contributed by atoms with Gasteiger partial charge in [0.05, 0.1) is 5.75 Å². The smallest absolute Gasteiger partial charge is 0.321 e. The third kappa shape index (κ3) is 7.02. The third-order valence-electron chi connectivity index (χ3n) is 4.99. The molecule has 0 unspecified atom stereocenters. The van der Waals surface area contributed by atoms with Gasteiger partial charge in [-0.1, -0.05) is 74.7 Å². The largest absolute Gasteiger partial charge is 0.507 e. The number of carbonyl (C=O) groups is 1.